The highest BCUT2D eigenvalue weighted by Crippen LogP contribution is 2.24. The van der Waals surface area contributed by atoms with Crippen molar-refractivity contribution in [2.24, 2.45) is 5.92 Å². The molecule has 0 spiro atoms. The maximum Gasteiger partial charge on any atom is 0.123 e. The lowest BCUT2D eigenvalue weighted by molar-refractivity contribution is 0.175. The van der Waals surface area contributed by atoms with E-state index < -0.39 is 0 Å². The number of ether oxygens (including phenoxy) is 1. The summed E-state index contributed by atoms with van der Waals surface area (Å²) < 4.78 is 18.6. The molecule has 0 bridgehead atoms. The molecule has 19 heavy (non-hydrogen) atoms. The zero-order valence-corrected chi connectivity index (χ0v) is 11.8. The Morgan fingerprint density at radius 2 is 2.11 bits per heavy atom. The van der Waals surface area contributed by atoms with Crippen molar-refractivity contribution < 1.29 is 9.13 Å². The Morgan fingerprint density at radius 1 is 1.37 bits per heavy atom. The SMILES string of the molecule is CNCC1CCN(Cc2cc(F)ccc2OC)CC1. The third-order valence-electron chi connectivity index (χ3n) is 3.84. The van der Waals surface area contributed by atoms with E-state index in [0.717, 1.165) is 43.4 Å². The van der Waals surface area contributed by atoms with Crippen molar-refractivity contribution in [1.82, 2.24) is 10.2 Å². The van der Waals surface area contributed by atoms with E-state index in [1.165, 1.54) is 18.9 Å². The Kier molecular flexibility index (Phi) is 5.16. The predicted molar refractivity (Wildman–Crippen MR) is 74.9 cm³/mol. The molecular formula is C15H23FN2O. The summed E-state index contributed by atoms with van der Waals surface area (Å²) in [6.07, 6.45) is 2.41. The molecule has 1 aromatic rings. The van der Waals surface area contributed by atoms with E-state index in [1.54, 1.807) is 19.2 Å². The van der Waals surface area contributed by atoms with Gasteiger partial charge in [0.05, 0.1) is 7.11 Å². The van der Waals surface area contributed by atoms with Gasteiger partial charge in [-0.3, -0.25) is 4.90 Å². The molecule has 0 radical (unpaired) electrons. The summed E-state index contributed by atoms with van der Waals surface area (Å²) in [4.78, 5) is 2.38. The second-order valence-electron chi connectivity index (χ2n) is 5.23. The van der Waals surface area contributed by atoms with Crippen LogP contribution < -0.4 is 10.1 Å². The molecule has 0 aliphatic carbocycles. The van der Waals surface area contributed by atoms with Crippen molar-refractivity contribution in [2.75, 3.05) is 33.8 Å². The van der Waals surface area contributed by atoms with Crippen LogP contribution in [0.4, 0.5) is 4.39 Å². The zero-order chi connectivity index (χ0) is 13.7. The van der Waals surface area contributed by atoms with Crippen LogP contribution in [0.25, 0.3) is 0 Å². The summed E-state index contributed by atoms with van der Waals surface area (Å²) in [6, 6.07) is 4.73. The average molecular weight is 266 g/mol. The zero-order valence-electron chi connectivity index (χ0n) is 11.8. The fourth-order valence-electron chi connectivity index (χ4n) is 2.75. The van der Waals surface area contributed by atoms with E-state index in [4.69, 9.17) is 4.74 Å². The molecular weight excluding hydrogens is 243 g/mol. The lowest BCUT2D eigenvalue weighted by Gasteiger charge is -2.32. The van der Waals surface area contributed by atoms with Gasteiger partial charge in [0.2, 0.25) is 0 Å². The van der Waals surface area contributed by atoms with Gasteiger partial charge >= 0.3 is 0 Å². The van der Waals surface area contributed by atoms with Crippen LogP contribution in [-0.4, -0.2) is 38.7 Å². The van der Waals surface area contributed by atoms with Crippen molar-refractivity contribution in [3.63, 3.8) is 0 Å². The molecule has 1 saturated heterocycles. The van der Waals surface area contributed by atoms with Crippen LogP contribution in [0.15, 0.2) is 18.2 Å². The van der Waals surface area contributed by atoms with Crippen molar-refractivity contribution in [3.8, 4) is 5.75 Å². The van der Waals surface area contributed by atoms with Crippen LogP contribution in [-0.2, 0) is 6.54 Å². The predicted octanol–water partition coefficient (Wildman–Crippen LogP) is 2.27. The van der Waals surface area contributed by atoms with E-state index in [9.17, 15) is 4.39 Å². The lowest BCUT2D eigenvalue weighted by atomic mass is 9.96. The van der Waals surface area contributed by atoms with Gasteiger partial charge in [0, 0.05) is 12.1 Å². The number of nitrogens with zero attached hydrogens (tertiary/aromatic N) is 1. The first-order chi connectivity index (χ1) is 9.22. The van der Waals surface area contributed by atoms with E-state index in [2.05, 4.69) is 10.2 Å². The molecule has 0 atom stereocenters. The quantitative estimate of drug-likeness (QED) is 0.885. The minimum Gasteiger partial charge on any atom is -0.496 e. The van der Waals surface area contributed by atoms with Gasteiger partial charge in [-0.1, -0.05) is 0 Å². The van der Waals surface area contributed by atoms with Gasteiger partial charge in [-0.05, 0) is 63.6 Å². The number of methoxy groups -OCH3 is 1. The van der Waals surface area contributed by atoms with Crippen molar-refractivity contribution in [3.05, 3.63) is 29.6 Å². The highest BCUT2D eigenvalue weighted by Gasteiger charge is 2.19. The van der Waals surface area contributed by atoms with E-state index >= 15 is 0 Å². The fourth-order valence-corrected chi connectivity index (χ4v) is 2.75. The molecule has 0 amide bonds. The van der Waals surface area contributed by atoms with Crippen LogP contribution in [0.3, 0.4) is 0 Å². The third-order valence-corrected chi connectivity index (χ3v) is 3.84. The Morgan fingerprint density at radius 3 is 2.74 bits per heavy atom. The first-order valence-corrected chi connectivity index (χ1v) is 6.92. The number of piperidine rings is 1. The van der Waals surface area contributed by atoms with Crippen LogP contribution in [0.1, 0.15) is 18.4 Å². The minimum atomic E-state index is -0.194. The molecule has 1 aliphatic rings. The summed E-state index contributed by atoms with van der Waals surface area (Å²) in [5, 5.41) is 3.24. The monoisotopic (exact) mass is 266 g/mol. The van der Waals surface area contributed by atoms with Gasteiger partial charge in [0.25, 0.3) is 0 Å². The maximum atomic E-state index is 13.3. The molecule has 106 valence electrons. The van der Waals surface area contributed by atoms with Crippen molar-refractivity contribution >= 4 is 0 Å². The summed E-state index contributed by atoms with van der Waals surface area (Å²) in [5.74, 6) is 1.36. The molecule has 1 N–H and O–H groups in total. The third kappa shape index (κ3) is 3.91. The number of hydrogen-bond acceptors (Lipinski definition) is 3. The summed E-state index contributed by atoms with van der Waals surface area (Å²) in [7, 11) is 3.64. The van der Waals surface area contributed by atoms with Gasteiger partial charge in [0.15, 0.2) is 0 Å². The molecule has 1 aliphatic heterocycles. The number of hydrogen-bond donors (Lipinski definition) is 1. The Bertz CT molecular complexity index is 403. The summed E-state index contributed by atoms with van der Waals surface area (Å²) in [5.41, 5.74) is 0.939. The molecule has 1 fully saturated rings. The first kappa shape index (κ1) is 14.3. The van der Waals surface area contributed by atoms with Gasteiger partial charge in [0.1, 0.15) is 11.6 Å². The molecule has 0 unspecified atom stereocenters. The number of likely N-dealkylation sites (tertiary alicyclic amines) is 1. The van der Waals surface area contributed by atoms with Crippen LogP contribution in [0.2, 0.25) is 0 Å². The van der Waals surface area contributed by atoms with Crippen molar-refractivity contribution in [1.29, 1.82) is 0 Å². The topological polar surface area (TPSA) is 24.5 Å². The largest absolute Gasteiger partial charge is 0.496 e. The first-order valence-electron chi connectivity index (χ1n) is 6.92. The highest BCUT2D eigenvalue weighted by molar-refractivity contribution is 5.33. The molecule has 1 aromatic carbocycles. The van der Waals surface area contributed by atoms with E-state index in [1.807, 2.05) is 7.05 Å². The molecule has 2 rings (SSSR count). The van der Waals surface area contributed by atoms with Crippen LogP contribution >= 0.6 is 0 Å². The fraction of sp³-hybridized carbons (Fsp3) is 0.600. The number of nitrogens with one attached hydrogen (secondary N) is 1. The normalized spacial score (nSPS) is 17.6. The molecule has 0 aromatic heterocycles. The second kappa shape index (κ2) is 6.87. The Hall–Kier alpha value is -1.13. The second-order valence-corrected chi connectivity index (χ2v) is 5.23. The van der Waals surface area contributed by atoms with Gasteiger partial charge < -0.3 is 10.1 Å². The lowest BCUT2D eigenvalue weighted by Crippen LogP contribution is -2.36. The number of rotatable bonds is 5. The van der Waals surface area contributed by atoms with Crippen LogP contribution in [0, 0.1) is 11.7 Å². The standard InChI is InChI=1S/C15H23FN2O/c1-17-10-12-5-7-18(8-6-12)11-13-9-14(16)3-4-15(13)19-2/h3-4,9,12,17H,5-8,10-11H2,1-2H3. The molecule has 4 heteroatoms. The Balaban J connectivity index is 1.93. The van der Waals surface area contributed by atoms with Crippen molar-refractivity contribution in [2.45, 2.75) is 19.4 Å². The maximum absolute atomic E-state index is 13.3. The van der Waals surface area contributed by atoms with Gasteiger partial charge in [-0.2, -0.15) is 0 Å². The van der Waals surface area contributed by atoms with Gasteiger partial charge in [-0.15, -0.1) is 0 Å². The molecule has 0 saturated carbocycles. The van der Waals surface area contributed by atoms with Gasteiger partial charge in [-0.25, -0.2) is 4.39 Å². The summed E-state index contributed by atoms with van der Waals surface area (Å²) >= 11 is 0. The minimum absolute atomic E-state index is 0.194. The molecule has 3 nitrogen and oxygen atoms in total. The molecule has 1 heterocycles. The Labute approximate surface area is 114 Å². The average Bonchev–Trinajstić information content (AvgIpc) is 2.42. The smallest absolute Gasteiger partial charge is 0.123 e. The summed E-state index contributed by atoms with van der Waals surface area (Å²) in [6.45, 7) is 4.02. The number of halogens is 1. The number of benzene rings is 1. The van der Waals surface area contributed by atoms with E-state index in [0.29, 0.717) is 0 Å². The highest BCUT2D eigenvalue weighted by atomic mass is 19.1. The van der Waals surface area contributed by atoms with E-state index in [-0.39, 0.29) is 5.82 Å². The van der Waals surface area contributed by atoms with Crippen LogP contribution in [0.5, 0.6) is 5.75 Å².